The molecule has 0 radical (unpaired) electrons. The third-order valence-electron chi connectivity index (χ3n) is 5.85. The molecule has 0 aliphatic rings. The van der Waals surface area contributed by atoms with Gasteiger partial charge in [-0.2, -0.15) is 0 Å². The molecular formula is C27H28N4O3. The Morgan fingerprint density at radius 3 is 2.56 bits per heavy atom. The molecule has 1 N–H and O–H groups in total. The van der Waals surface area contributed by atoms with Crippen LogP contribution in [0.1, 0.15) is 31.3 Å². The number of nitrogens with zero attached hydrogens (tertiary/aromatic N) is 3. The molecule has 3 aromatic carbocycles. The van der Waals surface area contributed by atoms with Gasteiger partial charge >= 0.3 is 6.03 Å². The first-order chi connectivity index (χ1) is 16.4. The molecule has 2 amide bonds. The molecule has 7 nitrogen and oxygen atoms in total. The van der Waals surface area contributed by atoms with Crippen LogP contribution in [0.2, 0.25) is 0 Å². The maximum absolute atomic E-state index is 13.6. The molecule has 1 atom stereocenters. The van der Waals surface area contributed by atoms with E-state index in [4.69, 9.17) is 9.72 Å². The Morgan fingerprint density at radius 1 is 1.09 bits per heavy atom. The Bertz CT molecular complexity index is 1400. The second-order valence-corrected chi connectivity index (χ2v) is 8.06. The van der Waals surface area contributed by atoms with Gasteiger partial charge in [0, 0.05) is 6.54 Å². The van der Waals surface area contributed by atoms with Crippen molar-refractivity contribution in [2.75, 3.05) is 19.0 Å². The van der Waals surface area contributed by atoms with Crippen LogP contribution in [0.4, 0.5) is 10.5 Å². The van der Waals surface area contributed by atoms with Gasteiger partial charge in [-0.05, 0) is 62.7 Å². The van der Waals surface area contributed by atoms with Crippen molar-refractivity contribution in [2.24, 2.45) is 0 Å². The zero-order valence-electron chi connectivity index (χ0n) is 19.8. The van der Waals surface area contributed by atoms with Crippen molar-refractivity contribution in [1.82, 2.24) is 14.5 Å². The van der Waals surface area contributed by atoms with Crippen molar-refractivity contribution < 1.29 is 9.53 Å². The van der Waals surface area contributed by atoms with Crippen LogP contribution in [-0.2, 0) is 0 Å². The van der Waals surface area contributed by atoms with Crippen LogP contribution >= 0.6 is 0 Å². The number of benzene rings is 3. The van der Waals surface area contributed by atoms with Gasteiger partial charge in [0.1, 0.15) is 11.6 Å². The van der Waals surface area contributed by atoms with Gasteiger partial charge in [0.25, 0.3) is 5.56 Å². The normalized spacial score (nSPS) is 11.8. The second kappa shape index (κ2) is 9.79. The quantitative estimate of drug-likeness (QED) is 0.426. The summed E-state index contributed by atoms with van der Waals surface area (Å²) in [5.74, 6) is 1.06. The molecule has 174 valence electrons. The zero-order chi connectivity index (χ0) is 24.2. The maximum Gasteiger partial charge on any atom is 0.322 e. The summed E-state index contributed by atoms with van der Waals surface area (Å²) in [4.78, 5) is 33.4. The molecule has 1 unspecified atom stereocenters. The lowest BCUT2D eigenvalue weighted by Crippen LogP contribution is -2.39. The van der Waals surface area contributed by atoms with E-state index in [9.17, 15) is 9.59 Å². The van der Waals surface area contributed by atoms with E-state index in [2.05, 4.69) is 5.32 Å². The van der Waals surface area contributed by atoms with Gasteiger partial charge in [0.15, 0.2) is 0 Å². The number of amides is 2. The van der Waals surface area contributed by atoms with E-state index >= 15 is 0 Å². The van der Waals surface area contributed by atoms with E-state index in [1.165, 1.54) is 0 Å². The highest BCUT2D eigenvalue weighted by Gasteiger charge is 2.26. The third-order valence-corrected chi connectivity index (χ3v) is 5.85. The summed E-state index contributed by atoms with van der Waals surface area (Å²) in [5, 5.41) is 3.46. The monoisotopic (exact) mass is 456 g/mol. The topological polar surface area (TPSA) is 76.5 Å². The summed E-state index contributed by atoms with van der Waals surface area (Å²) < 4.78 is 6.98. The summed E-state index contributed by atoms with van der Waals surface area (Å²) >= 11 is 0. The fraction of sp³-hybridized carbons (Fsp3) is 0.222. The lowest BCUT2D eigenvalue weighted by Gasteiger charge is -2.30. The van der Waals surface area contributed by atoms with Gasteiger partial charge in [-0.3, -0.25) is 9.36 Å². The fourth-order valence-corrected chi connectivity index (χ4v) is 4.11. The first kappa shape index (κ1) is 23.0. The fourth-order valence-electron chi connectivity index (χ4n) is 4.11. The van der Waals surface area contributed by atoms with Gasteiger partial charge in [0.05, 0.1) is 35.4 Å². The number of rotatable bonds is 6. The average molecular weight is 457 g/mol. The van der Waals surface area contributed by atoms with Gasteiger partial charge in [-0.25, -0.2) is 9.78 Å². The minimum atomic E-state index is -0.488. The number of aryl methyl sites for hydroxylation is 1. The van der Waals surface area contributed by atoms with Gasteiger partial charge < -0.3 is 15.0 Å². The van der Waals surface area contributed by atoms with E-state index in [-0.39, 0.29) is 11.6 Å². The molecule has 4 aromatic rings. The summed E-state index contributed by atoms with van der Waals surface area (Å²) in [5.41, 5.74) is 2.74. The van der Waals surface area contributed by atoms with E-state index < -0.39 is 6.04 Å². The molecule has 0 spiro atoms. The highest BCUT2D eigenvalue weighted by Crippen LogP contribution is 2.27. The van der Waals surface area contributed by atoms with E-state index in [0.717, 1.165) is 5.56 Å². The zero-order valence-corrected chi connectivity index (χ0v) is 19.8. The number of hydrogen-bond acceptors (Lipinski definition) is 4. The number of nitrogens with one attached hydrogen (secondary N) is 1. The van der Waals surface area contributed by atoms with E-state index in [1.54, 1.807) is 34.8 Å². The predicted octanol–water partition coefficient (Wildman–Crippen LogP) is 5.32. The SMILES string of the molecule is CCN(C(=O)Nc1ccccc1OC)C(C)c1nc2ccccc2c(=O)n1-c1cccc(C)c1. The highest BCUT2D eigenvalue weighted by molar-refractivity contribution is 5.91. The number of fused-ring (bicyclic) bond motifs is 1. The van der Waals surface area contributed by atoms with Crippen LogP contribution in [0.25, 0.3) is 16.6 Å². The number of aromatic nitrogens is 2. The van der Waals surface area contributed by atoms with Crippen molar-refractivity contribution in [3.05, 3.63) is 94.5 Å². The lowest BCUT2D eigenvalue weighted by atomic mass is 10.1. The molecule has 1 heterocycles. The number of para-hydroxylation sites is 3. The Hall–Kier alpha value is -4.13. The van der Waals surface area contributed by atoms with Crippen LogP contribution in [-0.4, -0.2) is 34.1 Å². The van der Waals surface area contributed by atoms with Crippen LogP contribution < -0.4 is 15.6 Å². The van der Waals surface area contributed by atoms with E-state index in [1.807, 2.05) is 75.4 Å². The Balaban J connectivity index is 1.81. The van der Waals surface area contributed by atoms with Crippen LogP contribution in [0.3, 0.4) is 0 Å². The summed E-state index contributed by atoms with van der Waals surface area (Å²) in [7, 11) is 1.56. The number of methoxy groups -OCH3 is 1. The van der Waals surface area contributed by atoms with Crippen molar-refractivity contribution in [3.8, 4) is 11.4 Å². The highest BCUT2D eigenvalue weighted by atomic mass is 16.5. The lowest BCUT2D eigenvalue weighted by molar-refractivity contribution is 0.193. The number of hydrogen-bond donors (Lipinski definition) is 1. The Kier molecular flexibility index (Phi) is 6.63. The molecule has 0 aliphatic carbocycles. The number of anilines is 1. The second-order valence-electron chi connectivity index (χ2n) is 8.06. The maximum atomic E-state index is 13.6. The standard InChI is InChI=1S/C27H28N4O3/c1-5-30(27(33)29-23-15-8-9-16-24(23)34-4)19(3)25-28-22-14-7-6-13-21(22)26(32)31(25)20-12-10-11-18(2)17-20/h6-17,19H,5H2,1-4H3,(H,29,33). The van der Waals surface area contributed by atoms with Crippen LogP contribution in [0.5, 0.6) is 5.75 Å². The number of ether oxygens (including phenoxy) is 1. The molecule has 0 aliphatic heterocycles. The molecule has 7 heteroatoms. The Morgan fingerprint density at radius 2 is 1.82 bits per heavy atom. The van der Waals surface area contributed by atoms with Crippen molar-refractivity contribution in [1.29, 1.82) is 0 Å². The average Bonchev–Trinajstić information content (AvgIpc) is 2.84. The molecule has 0 saturated carbocycles. The summed E-state index contributed by atoms with van der Waals surface area (Å²) in [6, 6.07) is 21.4. The molecule has 4 rings (SSSR count). The number of carbonyl (C=O) groups excluding carboxylic acids is 1. The van der Waals surface area contributed by atoms with Crippen molar-refractivity contribution in [2.45, 2.75) is 26.8 Å². The van der Waals surface area contributed by atoms with Crippen LogP contribution in [0, 0.1) is 6.92 Å². The van der Waals surface area contributed by atoms with Gasteiger partial charge in [0.2, 0.25) is 0 Å². The van der Waals surface area contributed by atoms with Gasteiger partial charge in [-0.15, -0.1) is 0 Å². The van der Waals surface area contributed by atoms with Crippen LogP contribution in [0.15, 0.2) is 77.6 Å². The third kappa shape index (κ3) is 4.37. The molecule has 34 heavy (non-hydrogen) atoms. The number of urea groups is 1. The smallest absolute Gasteiger partial charge is 0.322 e. The van der Waals surface area contributed by atoms with Gasteiger partial charge in [-0.1, -0.05) is 36.4 Å². The largest absolute Gasteiger partial charge is 0.495 e. The Labute approximate surface area is 198 Å². The number of carbonyl (C=O) groups is 1. The van der Waals surface area contributed by atoms with Crippen molar-refractivity contribution in [3.63, 3.8) is 0 Å². The first-order valence-electron chi connectivity index (χ1n) is 11.2. The van der Waals surface area contributed by atoms with Crippen molar-refractivity contribution >= 4 is 22.6 Å². The predicted molar refractivity (Wildman–Crippen MR) is 135 cm³/mol. The van der Waals surface area contributed by atoms with E-state index in [0.29, 0.717) is 40.4 Å². The minimum absolute atomic E-state index is 0.167. The first-order valence-corrected chi connectivity index (χ1v) is 11.2. The molecule has 0 fully saturated rings. The molecule has 0 bridgehead atoms. The summed E-state index contributed by atoms with van der Waals surface area (Å²) in [6.07, 6.45) is 0. The molecular weight excluding hydrogens is 428 g/mol. The molecule has 1 aromatic heterocycles. The molecule has 0 saturated heterocycles. The summed E-state index contributed by atoms with van der Waals surface area (Å²) in [6.45, 7) is 6.17. The minimum Gasteiger partial charge on any atom is -0.495 e.